The molecule has 0 saturated heterocycles. The Kier molecular flexibility index (Phi) is 8.57. The van der Waals surface area contributed by atoms with Gasteiger partial charge in [-0.3, -0.25) is 9.59 Å². The van der Waals surface area contributed by atoms with Gasteiger partial charge in [-0.15, -0.1) is 0 Å². The number of hydrogen-bond donors (Lipinski definition) is 3. The molecule has 1 aliphatic carbocycles. The lowest BCUT2D eigenvalue weighted by molar-refractivity contribution is -0.137. The Labute approximate surface area is 230 Å². The number of benzene rings is 2. The minimum Gasteiger partial charge on any atom is -0.487 e. The van der Waals surface area contributed by atoms with Crippen molar-refractivity contribution in [2.24, 2.45) is 11.8 Å². The van der Waals surface area contributed by atoms with E-state index < -0.39 is 29.9 Å². The Morgan fingerprint density at radius 1 is 1.12 bits per heavy atom. The second-order valence-electron chi connectivity index (χ2n) is 10.5. The summed E-state index contributed by atoms with van der Waals surface area (Å²) in [5.41, 5.74) is 0.0712. The summed E-state index contributed by atoms with van der Waals surface area (Å²) < 4.78 is 44.8. The Balaban J connectivity index is 1.52. The molecular weight excluding hydrogens is 529 g/mol. The lowest BCUT2D eigenvalue weighted by Gasteiger charge is -2.38. The van der Waals surface area contributed by atoms with Gasteiger partial charge in [0.2, 0.25) is 5.91 Å². The van der Waals surface area contributed by atoms with Crippen molar-refractivity contribution in [3.8, 4) is 5.75 Å². The maximum atomic E-state index is 13.5. The summed E-state index contributed by atoms with van der Waals surface area (Å²) in [4.78, 5) is 41.6. The van der Waals surface area contributed by atoms with E-state index in [4.69, 9.17) is 4.74 Å². The standard InChI is InChI=1S/C28H33F3N4O5/c1-16-13-35(17(2)15-36)26(38)22-12-21(32-25(37)18-4-5-18)10-11-23(22)40-24(16)14-34(3)27(39)33-20-8-6-19(7-9-20)28(29,30)31/h6-12,16-18,24,36H,4-5,13-15H2,1-3H3,(H,32,37)(H,33,39)/t16-,17-,24+/m1/s1. The zero-order valence-electron chi connectivity index (χ0n) is 22.5. The number of carbonyl (C=O) groups excluding carboxylic acids is 3. The summed E-state index contributed by atoms with van der Waals surface area (Å²) in [5.74, 6) is -0.460. The number of urea groups is 1. The Morgan fingerprint density at radius 2 is 1.77 bits per heavy atom. The number of aliphatic hydroxyl groups excluding tert-OH is 1. The molecule has 1 heterocycles. The quantitative estimate of drug-likeness (QED) is 0.462. The third-order valence-electron chi connectivity index (χ3n) is 7.14. The van der Waals surface area contributed by atoms with Crippen LogP contribution in [0.3, 0.4) is 0 Å². The number of rotatable bonds is 7. The molecular formula is C28H33F3N4O5. The van der Waals surface area contributed by atoms with Crippen LogP contribution < -0.4 is 15.4 Å². The highest BCUT2D eigenvalue weighted by Gasteiger charge is 2.35. The summed E-state index contributed by atoms with van der Waals surface area (Å²) in [6.07, 6.45) is -3.39. The molecule has 0 spiro atoms. The van der Waals surface area contributed by atoms with Crippen LogP contribution in [0.2, 0.25) is 0 Å². The number of aliphatic hydroxyl groups is 1. The molecule has 0 radical (unpaired) electrons. The minimum absolute atomic E-state index is 0.0191. The summed E-state index contributed by atoms with van der Waals surface area (Å²) in [7, 11) is 1.53. The second kappa shape index (κ2) is 11.7. The molecule has 4 amide bonds. The van der Waals surface area contributed by atoms with E-state index in [1.807, 2.05) is 6.92 Å². The molecule has 40 heavy (non-hydrogen) atoms. The molecule has 9 nitrogen and oxygen atoms in total. The topological polar surface area (TPSA) is 111 Å². The fourth-order valence-corrected chi connectivity index (χ4v) is 4.42. The number of amides is 4. The molecule has 0 bridgehead atoms. The number of alkyl halides is 3. The van der Waals surface area contributed by atoms with E-state index in [0.29, 0.717) is 5.69 Å². The van der Waals surface area contributed by atoms with Crippen molar-refractivity contribution in [3.63, 3.8) is 0 Å². The molecule has 0 unspecified atom stereocenters. The van der Waals surface area contributed by atoms with Gasteiger partial charge in [0.1, 0.15) is 11.9 Å². The van der Waals surface area contributed by atoms with Crippen LogP contribution in [0, 0.1) is 11.8 Å². The van der Waals surface area contributed by atoms with E-state index >= 15 is 0 Å². The number of anilines is 2. The van der Waals surface area contributed by atoms with Crippen molar-refractivity contribution in [3.05, 3.63) is 53.6 Å². The highest BCUT2D eigenvalue weighted by atomic mass is 19.4. The number of nitrogens with one attached hydrogen (secondary N) is 2. The number of ether oxygens (including phenoxy) is 1. The van der Waals surface area contributed by atoms with Crippen LogP contribution in [0.1, 0.15) is 42.6 Å². The van der Waals surface area contributed by atoms with Gasteiger partial charge in [-0.2, -0.15) is 13.2 Å². The number of carbonyl (C=O) groups is 3. The molecule has 2 aromatic rings. The van der Waals surface area contributed by atoms with E-state index in [-0.39, 0.29) is 60.3 Å². The normalized spacial score (nSPS) is 20.0. The van der Waals surface area contributed by atoms with Gasteiger partial charge < -0.3 is 30.3 Å². The summed E-state index contributed by atoms with van der Waals surface area (Å²) in [5, 5.41) is 15.2. The van der Waals surface area contributed by atoms with Gasteiger partial charge in [0.25, 0.3) is 5.91 Å². The van der Waals surface area contributed by atoms with Gasteiger partial charge in [-0.1, -0.05) is 6.92 Å². The molecule has 0 aromatic heterocycles. The molecule has 12 heteroatoms. The monoisotopic (exact) mass is 562 g/mol. The average molecular weight is 563 g/mol. The van der Waals surface area contributed by atoms with Crippen LogP contribution in [0.5, 0.6) is 5.75 Å². The molecule has 2 aromatic carbocycles. The average Bonchev–Trinajstić information content (AvgIpc) is 3.76. The van der Waals surface area contributed by atoms with Gasteiger partial charge in [0, 0.05) is 36.8 Å². The van der Waals surface area contributed by atoms with Gasteiger partial charge in [-0.05, 0) is 62.2 Å². The number of hydrogen-bond acceptors (Lipinski definition) is 5. The van der Waals surface area contributed by atoms with Crippen LogP contribution in [-0.4, -0.2) is 71.6 Å². The van der Waals surface area contributed by atoms with Crippen LogP contribution >= 0.6 is 0 Å². The van der Waals surface area contributed by atoms with Crippen molar-refractivity contribution in [2.75, 3.05) is 37.4 Å². The first kappa shape index (κ1) is 29.2. The van der Waals surface area contributed by atoms with Crippen LogP contribution in [0.15, 0.2) is 42.5 Å². The third-order valence-corrected chi connectivity index (χ3v) is 7.14. The van der Waals surface area contributed by atoms with Crippen molar-refractivity contribution in [1.82, 2.24) is 9.80 Å². The zero-order chi connectivity index (χ0) is 29.2. The highest BCUT2D eigenvalue weighted by Crippen LogP contribution is 2.33. The maximum absolute atomic E-state index is 13.5. The Hall–Kier alpha value is -3.80. The van der Waals surface area contributed by atoms with Crippen LogP contribution in [0.4, 0.5) is 29.3 Å². The van der Waals surface area contributed by atoms with Gasteiger partial charge >= 0.3 is 12.2 Å². The molecule has 2 aliphatic rings. The zero-order valence-corrected chi connectivity index (χ0v) is 22.5. The lowest BCUT2D eigenvalue weighted by atomic mass is 9.99. The molecule has 1 saturated carbocycles. The molecule has 1 aliphatic heterocycles. The summed E-state index contributed by atoms with van der Waals surface area (Å²) in [6.45, 7) is 3.67. The first-order chi connectivity index (χ1) is 18.9. The Bertz CT molecular complexity index is 1250. The van der Waals surface area contributed by atoms with Gasteiger partial charge in [0.15, 0.2) is 0 Å². The fraction of sp³-hybridized carbons (Fsp3) is 0.464. The van der Waals surface area contributed by atoms with Crippen LogP contribution in [0.25, 0.3) is 0 Å². The molecule has 216 valence electrons. The SMILES string of the molecule is C[C@@H]1CN([C@H](C)CO)C(=O)c2cc(NC(=O)C3CC3)ccc2O[C@H]1CN(C)C(=O)Nc1ccc(C(F)(F)F)cc1. The highest BCUT2D eigenvalue weighted by molar-refractivity contribution is 6.00. The Morgan fingerprint density at radius 3 is 2.38 bits per heavy atom. The largest absolute Gasteiger partial charge is 0.487 e. The smallest absolute Gasteiger partial charge is 0.416 e. The van der Waals surface area contributed by atoms with E-state index in [1.165, 1.54) is 24.1 Å². The van der Waals surface area contributed by atoms with E-state index in [0.717, 1.165) is 25.0 Å². The molecule has 3 N–H and O–H groups in total. The first-order valence-corrected chi connectivity index (χ1v) is 13.1. The van der Waals surface area contributed by atoms with Crippen LogP contribution in [-0.2, 0) is 11.0 Å². The van der Waals surface area contributed by atoms with Gasteiger partial charge in [0.05, 0.1) is 30.3 Å². The summed E-state index contributed by atoms with van der Waals surface area (Å²) in [6, 6.07) is 7.91. The number of nitrogens with zero attached hydrogens (tertiary/aromatic N) is 2. The number of halogens is 3. The lowest BCUT2D eigenvalue weighted by Crippen LogP contribution is -2.50. The van der Waals surface area contributed by atoms with Gasteiger partial charge in [-0.25, -0.2) is 4.79 Å². The number of likely N-dealkylation sites (N-methyl/N-ethyl adjacent to an activating group) is 1. The predicted molar refractivity (Wildman–Crippen MR) is 142 cm³/mol. The number of fused-ring (bicyclic) bond motifs is 1. The predicted octanol–water partition coefficient (Wildman–Crippen LogP) is 4.44. The van der Waals surface area contributed by atoms with Crippen molar-refractivity contribution in [1.29, 1.82) is 0 Å². The van der Waals surface area contributed by atoms with E-state index in [1.54, 1.807) is 30.0 Å². The molecule has 3 atom stereocenters. The van der Waals surface area contributed by atoms with Crippen molar-refractivity contribution < 1.29 is 37.4 Å². The van der Waals surface area contributed by atoms with Crippen molar-refractivity contribution >= 4 is 29.2 Å². The molecule has 4 rings (SSSR count). The second-order valence-corrected chi connectivity index (χ2v) is 10.5. The third kappa shape index (κ3) is 6.85. The summed E-state index contributed by atoms with van der Waals surface area (Å²) >= 11 is 0. The minimum atomic E-state index is -4.48. The fourth-order valence-electron chi connectivity index (χ4n) is 4.42. The first-order valence-electron chi connectivity index (χ1n) is 13.1. The maximum Gasteiger partial charge on any atom is 0.416 e. The van der Waals surface area contributed by atoms with E-state index in [9.17, 15) is 32.7 Å². The molecule has 1 fully saturated rings. The van der Waals surface area contributed by atoms with Crippen molar-refractivity contribution in [2.45, 2.75) is 45.0 Å². The van der Waals surface area contributed by atoms with E-state index in [2.05, 4.69) is 10.6 Å².